The van der Waals surface area contributed by atoms with Crippen molar-refractivity contribution in [2.75, 3.05) is 0 Å². The molecule has 27 heavy (non-hydrogen) atoms. The molecule has 3 aromatic carbocycles. The summed E-state index contributed by atoms with van der Waals surface area (Å²) >= 11 is 0. The van der Waals surface area contributed by atoms with Gasteiger partial charge in [-0.05, 0) is 34.9 Å². The average Bonchev–Trinajstić information content (AvgIpc) is 3.19. The third kappa shape index (κ3) is 2.70. The largest absolute Gasteiger partial charge is 0.464 e. The van der Waals surface area contributed by atoms with Gasteiger partial charge in [0.1, 0.15) is 5.58 Å². The van der Waals surface area contributed by atoms with Crippen molar-refractivity contribution in [1.82, 2.24) is 9.97 Å². The molecule has 0 aliphatic carbocycles. The van der Waals surface area contributed by atoms with Crippen LogP contribution < -0.4 is 0 Å². The molecule has 0 atom stereocenters. The number of fused-ring (bicyclic) bond motifs is 1. The summed E-state index contributed by atoms with van der Waals surface area (Å²) in [7, 11) is 0. The maximum atomic E-state index is 5.90. The summed E-state index contributed by atoms with van der Waals surface area (Å²) in [5.41, 5.74) is 6.20. The maximum Gasteiger partial charge on any atom is 0.160 e. The monoisotopic (exact) mass is 348 g/mol. The van der Waals surface area contributed by atoms with Crippen molar-refractivity contribution in [3.63, 3.8) is 0 Å². The van der Waals surface area contributed by atoms with Gasteiger partial charge in [0, 0.05) is 28.9 Å². The number of hydrogen-bond donors (Lipinski definition) is 0. The highest BCUT2D eigenvalue weighted by Gasteiger charge is 2.19. The Bertz CT molecular complexity index is 1200. The van der Waals surface area contributed by atoms with Gasteiger partial charge in [-0.2, -0.15) is 0 Å². The van der Waals surface area contributed by atoms with Crippen LogP contribution in [0.15, 0.2) is 102 Å². The van der Waals surface area contributed by atoms with Gasteiger partial charge in [0.25, 0.3) is 0 Å². The molecule has 0 saturated heterocycles. The van der Waals surface area contributed by atoms with Crippen molar-refractivity contribution in [1.29, 1.82) is 0 Å². The Labute approximate surface area is 157 Å². The molecule has 5 rings (SSSR count). The molecule has 0 spiro atoms. The zero-order valence-electron chi connectivity index (χ0n) is 14.5. The quantitative estimate of drug-likeness (QED) is 0.388. The first-order valence-electron chi connectivity index (χ1n) is 8.84. The standard InChI is InChI=1S/C24H16N2O/c1-3-8-17(9-4-1)19-12-13-21-22(23(19)24-25-14-7-15-26-24)20(16-27-21)18-10-5-2-6-11-18/h1-16H. The minimum absolute atomic E-state index is 0.695. The highest BCUT2D eigenvalue weighted by molar-refractivity contribution is 6.08. The van der Waals surface area contributed by atoms with E-state index in [-0.39, 0.29) is 0 Å². The van der Waals surface area contributed by atoms with Gasteiger partial charge in [-0.3, -0.25) is 0 Å². The zero-order chi connectivity index (χ0) is 18.1. The fraction of sp³-hybridized carbons (Fsp3) is 0. The Morgan fingerprint density at radius 1 is 0.593 bits per heavy atom. The minimum Gasteiger partial charge on any atom is -0.464 e. The lowest BCUT2D eigenvalue weighted by Gasteiger charge is -2.11. The molecule has 0 aliphatic heterocycles. The molecule has 3 nitrogen and oxygen atoms in total. The summed E-state index contributed by atoms with van der Waals surface area (Å²) in [5, 5.41) is 1.04. The third-order valence-electron chi connectivity index (χ3n) is 4.70. The predicted octanol–water partition coefficient (Wildman–Crippen LogP) is 6.22. The van der Waals surface area contributed by atoms with E-state index in [1.807, 2.05) is 54.8 Å². The van der Waals surface area contributed by atoms with Crippen LogP contribution in [0.2, 0.25) is 0 Å². The fourth-order valence-electron chi connectivity index (χ4n) is 3.48. The van der Waals surface area contributed by atoms with Gasteiger partial charge in [-0.25, -0.2) is 9.97 Å². The van der Waals surface area contributed by atoms with E-state index < -0.39 is 0 Å². The molecule has 128 valence electrons. The number of nitrogens with zero attached hydrogens (tertiary/aromatic N) is 2. The van der Waals surface area contributed by atoms with Crippen molar-refractivity contribution in [2.45, 2.75) is 0 Å². The Morgan fingerprint density at radius 2 is 1.22 bits per heavy atom. The van der Waals surface area contributed by atoms with Gasteiger partial charge in [0.05, 0.1) is 6.26 Å². The van der Waals surface area contributed by atoms with Crippen LogP contribution in [0.1, 0.15) is 0 Å². The van der Waals surface area contributed by atoms with Crippen LogP contribution in [0.4, 0.5) is 0 Å². The van der Waals surface area contributed by atoms with Crippen LogP contribution in [-0.2, 0) is 0 Å². The highest BCUT2D eigenvalue weighted by Crippen LogP contribution is 2.42. The van der Waals surface area contributed by atoms with Crippen molar-refractivity contribution < 1.29 is 4.42 Å². The molecule has 3 heteroatoms. The Hall–Kier alpha value is -3.72. The molecule has 0 amide bonds. The molecule has 0 fully saturated rings. The van der Waals surface area contributed by atoms with Crippen molar-refractivity contribution in [3.8, 4) is 33.6 Å². The number of aromatic nitrogens is 2. The number of rotatable bonds is 3. The number of benzene rings is 3. The van der Waals surface area contributed by atoms with Gasteiger partial charge in [-0.1, -0.05) is 60.7 Å². The number of furan rings is 1. The third-order valence-corrected chi connectivity index (χ3v) is 4.70. The fourth-order valence-corrected chi connectivity index (χ4v) is 3.48. The molecule has 0 unspecified atom stereocenters. The SMILES string of the molecule is c1ccc(-c2ccc3occ(-c4ccccc4)c3c2-c2ncccn2)cc1. The maximum absolute atomic E-state index is 5.90. The lowest BCUT2D eigenvalue weighted by molar-refractivity contribution is 0.617. The van der Waals surface area contributed by atoms with Crippen molar-refractivity contribution >= 4 is 11.0 Å². The molecule has 0 N–H and O–H groups in total. The second kappa shape index (κ2) is 6.54. The molecule has 2 heterocycles. The van der Waals surface area contributed by atoms with Gasteiger partial charge in [0.15, 0.2) is 5.82 Å². The lowest BCUT2D eigenvalue weighted by atomic mass is 9.93. The first-order valence-corrected chi connectivity index (χ1v) is 8.84. The molecule has 2 aromatic heterocycles. The topological polar surface area (TPSA) is 38.9 Å². The summed E-state index contributed by atoms with van der Waals surface area (Å²) in [6.45, 7) is 0. The average molecular weight is 348 g/mol. The van der Waals surface area contributed by atoms with Crippen LogP contribution in [0.3, 0.4) is 0 Å². The second-order valence-electron chi connectivity index (χ2n) is 6.32. The summed E-state index contributed by atoms with van der Waals surface area (Å²) in [4.78, 5) is 9.09. The molecule has 0 radical (unpaired) electrons. The van der Waals surface area contributed by atoms with Crippen LogP contribution in [0.5, 0.6) is 0 Å². The second-order valence-corrected chi connectivity index (χ2v) is 6.32. The van der Waals surface area contributed by atoms with E-state index in [2.05, 4.69) is 40.3 Å². The Morgan fingerprint density at radius 3 is 1.89 bits per heavy atom. The zero-order valence-corrected chi connectivity index (χ0v) is 14.5. The molecule has 5 aromatic rings. The lowest BCUT2D eigenvalue weighted by Crippen LogP contribution is -1.92. The van der Waals surface area contributed by atoms with Crippen LogP contribution in [-0.4, -0.2) is 9.97 Å². The van der Waals surface area contributed by atoms with Crippen molar-refractivity contribution in [2.24, 2.45) is 0 Å². The van der Waals surface area contributed by atoms with E-state index in [1.165, 1.54) is 0 Å². The van der Waals surface area contributed by atoms with Gasteiger partial charge >= 0.3 is 0 Å². The van der Waals surface area contributed by atoms with E-state index in [1.54, 1.807) is 12.4 Å². The highest BCUT2D eigenvalue weighted by atomic mass is 16.3. The summed E-state index contributed by atoms with van der Waals surface area (Å²) in [6, 6.07) is 26.5. The molecule has 0 saturated carbocycles. The minimum atomic E-state index is 0.695. The van der Waals surface area contributed by atoms with Gasteiger partial charge < -0.3 is 4.42 Å². The van der Waals surface area contributed by atoms with E-state index in [0.29, 0.717) is 5.82 Å². The van der Waals surface area contributed by atoms with Gasteiger partial charge in [0.2, 0.25) is 0 Å². The van der Waals surface area contributed by atoms with Crippen LogP contribution >= 0.6 is 0 Å². The predicted molar refractivity (Wildman–Crippen MR) is 108 cm³/mol. The Kier molecular flexibility index (Phi) is 3.76. The van der Waals surface area contributed by atoms with Crippen LogP contribution in [0.25, 0.3) is 44.6 Å². The van der Waals surface area contributed by atoms with E-state index in [9.17, 15) is 0 Å². The van der Waals surface area contributed by atoms with E-state index in [0.717, 1.165) is 38.8 Å². The van der Waals surface area contributed by atoms with Crippen molar-refractivity contribution in [3.05, 3.63) is 97.5 Å². The normalized spacial score (nSPS) is 11.0. The Balaban J connectivity index is 1.89. The summed E-state index contributed by atoms with van der Waals surface area (Å²) in [5.74, 6) is 0.695. The molecule has 0 aliphatic rings. The molecule has 0 bridgehead atoms. The van der Waals surface area contributed by atoms with E-state index >= 15 is 0 Å². The summed E-state index contributed by atoms with van der Waals surface area (Å²) in [6.07, 6.45) is 5.37. The van der Waals surface area contributed by atoms with Crippen LogP contribution in [0, 0.1) is 0 Å². The smallest absolute Gasteiger partial charge is 0.160 e. The first-order chi connectivity index (χ1) is 13.4. The number of hydrogen-bond acceptors (Lipinski definition) is 3. The first kappa shape index (κ1) is 15.5. The molecular weight excluding hydrogens is 332 g/mol. The van der Waals surface area contributed by atoms with Gasteiger partial charge in [-0.15, -0.1) is 0 Å². The van der Waals surface area contributed by atoms with E-state index in [4.69, 9.17) is 4.42 Å². The summed E-state index contributed by atoms with van der Waals surface area (Å²) < 4.78 is 5.90. The molecular formula is C24H16N2O.